The summed E-state index contributed by atoms with van der Waals surface area (Å²) in [6, 6.07) is 8.88. The number of thiazole rings is 1. The van der Waals surface area contributed by atoms with Gasteiger partial charge in [0.1, 0.15) is 10.8 Å². The molecule has 4 nitrogen and oxygen atoms in total. The van der Waals surface area contributed by atoms with Gasteiger partial charge in [-0.1, -0.05) is 53.7 Å². The van der Waals surface area contributed by atoms with Gasteiger partial charge in [0.15, 0.2) is 5.16 Å². The third-order valence-electron chi connectivity index (χ3n) is 4.09. The average Bonchev–Trinajstić information content (AvgIpc) is 3.16. The lowest BCUT2D eigenvalue weighted by atomic mass is 10.2. The van der Waals surface area contributed by atoms with E-state index in [1.165, 1.54) is 12.8 Å². The Kier molecular flexibility index (Phi) is 4.97. The molecule has 2 heterocycles. The third-order valence-corrected chi connectivity index (χ3v) is 6.50. The van der Waals surface area contributed by atoms with Crippen LogP contribution >= 0.6 is 39.0 Å². The molecule has 1 saturated carbocycles. The molecule has 0 aliphatic heterocycles. The van der Waals surface area contributed by atoms with Crippen LogP contribution in [0.2, 0.25) is 0 Å². The second kappa shape index (κ2) is 7.21. The van der Waals surface area contributed by atoms with Crippen LogP contribution in [-0.2, 0) is 5.75 Å². The largest absolute Gasteiger partial charge is 0.303 e. The SMILES string of the molecule is CC(C)c1nnc(SCc2csc(-c3cccc(Br)c3)n2)n1C1CC1. The van der Waals surface area contributed by atoms with Crippen LogP contribution < -0.4 is 0 Å². The van der Waals surface area contributed by atoms with Gasteiger partial charge in [-0.05, 0) is 25.0 Å². The first-order valence-electron chi connectivity index (χ1n) is 8.39. The molecule has 0 unspecified atom stereocenters. The Hall–Kier alpha value is -1.18. The Labute approximate surface area is 164 Å². The van der Waals surface area contributed by atoms with Crippen LogP contribution in [0.4, 0.5) is 0 Å². The second-order valence-corrected chi connectivity index (χ2v) is 9.26. The lowest BCUT2D eigenvalue weighted by Crippen LogP contribution is -2.04. The fourth-order valence-electron chi connectivity index (χ4n) is 2.72. The molecule has 7 heteroatoms. The summed E-state index contributed by atoms with van der Waals surface area (Å²) in [5.41, 5.74) is 2.25. The highest BCUT2D eigenvalue weighted by Gasteiger charge is 2.30. The minimum absolute atomic E-state index is 0.407. The molecule has 1 aromatic carbocycles. The topological polar surface area (TPSA) is 43.6 Å². The Balaban J connectivity index is 1.49. The van der Waals surface area contributed by atoms with Crippen molar-refractivity contribution in [2.75, 3.05) is 0 Å². The van der Waals surface area contributed by atoms with E-state index >= 15 is 0 Å². The van der Waals surface area contributed by atoms with Gasteiger partial charge >= 0.3 is 0 Å². The second-order valence-electron chi connectivity index (χ2n) is 6.54. The van der Waals surface area contributed by atoms with Crippen molar-refractivity contribution in [1.82, 2.24) is 19.7 Å². The Bertz CT molecular complexity index is 883. The van der Waals surface area contributed by atoms with E-state index in [9.17, 15) is 0 Å². The third kappa shape index (κ3) is 3.83. The van der Waals surface area contributed by atoms with E-state index in [-0.39, 0.29) is 0 Å². The summed E-state index contributed by atoms with van der Waals surface area (Å²) in [5.74, 6) is 2.34. The number of halogens is 1. The highest BCUT2D eigenvalue weighted by molar-refractivity contribution is 9.10. The van der Waals surface area contributed by atoms with Gasteiger partial charge in [-0.15, -0.1) is 21.5 Å². The van der Waals surface area contributed by atoms with Gasteiger partial charge in [0.2, 0.25) is 0 Å². The molecule has 25 heavy (non-hydrogen) atoms. The van der Waals surface area contributed by atoms with E-state index in [2.05, 4.69) is 62.1 Å². The molecule has 1 fully saturated rings. The van der Waals surface area contributed by atoms with Crippen molar-refractivity contribution in [1.29, 1.82) is 0 Å². The Morgan fingerprint density at radius 2 is 2.16 bits per heavy atom. The van der Waals surface area contributed by atoms with E-state index in [1.807, 2.05) is 12.1 Å². The predicted molar refractivity (Wildman–Crippen MR) is 107 cm³/mol. The summed E-state index contributed by atoms with van der Waals surface area (Å²) >= 11 is 6.96. The zero-order valence-corrected chi connectivity index (χ0v) is 17.4. The minimum atomic E-state index is 0.407. The summed E-state index contributed by atoms with van der Waals surface area (Å²) in [6.07, 6.45) is 2.49. The fraction of sp³-hybridized carbons (Fsp3) is 0.389. The maximum Gasteiger partial charge on any atom is 0.191 e. The zero-order chi connectivity index (χ0) is 17.4. The van der Waals surface area contributed by atoms with Crippen LogP contribution in [0.25, 0.3) is 10.6 Å². The van der Waals surface area contributed by atoms with Crippen LogP contribution in [0.1, 0.15) is 50.2 Å². The standard InChI is InChI=1S/C18H19BrN4S2/c1-11(2)16-21-22-18(23(16)15-6-7-15)25-10-14-9-24-17(20-14)12-4-3-5-13(19)8-12/h3-5,8-9,11,15H,6-7,10H2,1-2H3. The number of nitrogens with zero attached hydrogens (tertiary/aromatic N) is 4. The quantitative estimate of drug-likeness (QED) is 0.451. The molecule has 130 valence electrons. The molecule has 1 aliphatic carbocycles. The molecule has 3 aromatic rings. The summed E-state index contributed by atoms with van der Waals surface area (Å²) in [6.45, 7) is 4.37. The van der Waals surface area contributed by atoms with Gasteiger partial charge in [-0.3, -0.25) is 0 Å². The number of benzene rings is 1. The molecule has 0 spiro atoms. The molecule has 0 amide bonds. The maximum atomic E-state index is 4.79. The van der Waals surface area contributed by atoms with Gasteiger partial charge in [0, 0.05) is 33.1 Å². The molecule has 2 aromatic heterocycles. The van der Waals surface area contributed by atoms with Crippen molar-refractivity contribution in [2.45, 2.75) is 49.6 Å². The number of hydrogen-bond donors (Lipinski definition) is 0. The van der Waals surface area contributed by atoms with Gasteiger partial charge in [-0.2, -0.15) is 0 Å². The molecule has 0 radical (unpaired) electrons. The first kappa shape index (κ1) is 17.2. The van der Waals surface area contributed by atoms with Crippen molar-refractivity contribution in [2.24, 2.45) is 0 Å². The van der Waals surface area contributed by atoms with Crippen molar-refractivity contribution < 1.29 is 0 Å². The van der Waals surface area contributed by atoms with Crippen LogP contribution in [0, 0.1) is 0 Å². The number of rotatable bonds is 6. The van der Waals surface area contributed by atoms with Crippen LogP contribution in [0.3, 0.4) is 0 Å². The zero-order valence-electron chi connectivity index (χ0n) is 14.1. The number of aromatic nitrogens is 4. The monoisotopic (exact) mass is 434 g/mol. The first-order chi connectivity index (χ1) is 12.1. The smallest absolute Gasteiger partial charge is 0.191 e. The average molecular weight is 435 g/mol. The van der Waals surface area contributed by atoms with Crippen molar-refractivity contribution in [3.8, 4) is 10.6 Å². The summed E-state index contributed by atoms with van der Waals surface area (Å²) < 4.78 is 3.42. The lowest BCUT2D eigenvalue weighted by Gasteiger charge is -2.10. The first-order valence-corrected chi connectivity index (χ1v) is 11.1. The van der Waals surface area contributed by atoms with Gasteiger partial charge in [-0.25, -0.2) is 4.98 Å². The van der Waals surface area contributed by atoms with Gasteiger partial charge in [0.05, 0.1) is 5.69 Å². The predicted octanol–water partition coefficient (Wildman–Crippen LogP) is 5.91. The van der Waals surface area contributed by atoms with Crippen LogP contribution in [0.5, 0.6) is 0 Å². The Morgan fingerprint density at radius 3 is 2.88 bits per heavy atom. The van der Waals surface area contributed by atoms with E-state index in [1.54, 1.807) is 23.1 Å². The molecule has 0 saturated heterocycles. The molecule has 0 atom stereocenters. The number of thioether (sulfide) groups is 1. The van der Waals surface area contributed by atoms with E-state index in [0.717, 1.165) is 37.5 Å². The lowest BCUT2D eigenvalue weighted by molar-refractivity contribution is 0.599. The normalized spacial score (nSPS) is 14.4. The van der Waals surface area contributed by atoms with Gasteiger partial charge in [0.25, 0.3) is 0 Å². The molecule has 0 N–H and O–H groups in total. The highest BCUT2D eigenvalue weighted by atomic mass is 79.9. The summed E-state index contributed by atoms with van der Waals surface area (Å²) in [4.78, 5) is 4.79. The fourth-order valence-corrected chi connectivity index (χ4v) is 4.95. The van der Waals surface area contributed by atoms with E-state index in [0.29, 0.717) is 12.0 Å². The molecule has 0 bridgehead atoms. The van der Waals surface area contributed by atoms with E-state index in [4.69, 9.17) is 4.98 Å². The number of hydrogen-bond acceptors (Lipinski definition) is 5. The van der Waals surface area contributed by atoms with Crippen molar-refractivity contribution in [3.63, 3.8) is 0 Å². The van der Waals surface area contributed by atoms with Crippen molar-refractivity contribution >= 4 is 39.0 Å². The maximum absolute atomic E-state index is 4.79. The van der Waals surface area contributed by atoms with Crippen LogP contribution in [-0.4, -0.2) is 19.7 Å². The van der Waals surface area contributed by atoms with Crippen LogP contribution in [0.15, 0.2) is 39.3 Å². The highest BCUT2D eigenvalue weighted by Crippen LogP contribution is 2.40. The van der Waals surface area contributed by atoms with Gasteiger partial charge < -0.3 is 4.57 Å². The van der Waals surface area contributed by atoms with Crippen molar-refractivity contribution in [3.05, 3.63) is 45.6 Å². The molecular formula is C18H19BrN4S2. The summed E-state index contributed by atoms with van der Waals surface area (Å²) in [5, 5.41) is 13.1. The molecular weight excluding hydrogens is 416 g/mol. The van der Waals surface area contributed by atoms with E-state index < -0.39 is 0 Å². The Morgan fingerprint density at radius 1 is 1.32 bits per heavy atom. The molecule has 4 rings (SSSR count). The molecule has 1 aliphatic rings. The minimum Gasteiger partial charge on any atom is -0.303 e. The summed E-state index contributed by atoms with van der Waals surface area (Å²) in [7, 11) is 0.